The lowest BCUT2D eigenvalue weighted by Crippen LogP contribution is -2.53. The Labute approximate surface area is 207 Å². The van der Waals surface area contributed by atoms with E-state index in [2.05, 4.69) is 28.1 Å². The number of likely N-dealkylation sites (tertiary alicyclic amines) is 1. The highest BCUT2D eigenvalue weighted by atomic mass is 79.9. The van der Waals surface area contributed by atoms with Gasteiger partial charge in [0, 0.05) is 41.0 Å². The van der Waals surface area contributed by atoms with Crippen molar-refractivity contribution >= 4 is 39.5 Å². The maximum atomic E-state index is 13.2. The first-order valence-corrected chi connectivity index (χ1v) is 13.0. The van der Waals surface area contributed by atoms with Gasteiger partial charge in [-0.05, 0) is 60.4 Å². The molecule has 0 aromatic heterocycles. The van der Waals surface area contributed by atoms with Crippen molar-refractivity contribution in [1.29, 1.82) is 0 Å². The second-order valence-corrected chi connectivity index (χ2v) is 10.9. The van der Waals surface area contributed by atoms with Crippen molar-refractivity contribution in [3.05, 3.63) is 94.5 Å². The lowest BCUT2D eigenvalue weighted by atomic mass is 9.99. The average molecular weight is 521 g/mol. The minimum absolute atomic E-state index is 0.0678. The highest BCUT2D eigenvalue weighted by Crippen LogP contribution is 2.44. The normalized spacial score (nSPS) is 17.4. The zero-order chi connectivity index (χ0) is 22.8. The molecule has 2 heterocycles. The molecule has 2 fully saturated rings. The van der Waals surface area contributed by atoms with Crippen LogP contribution in [0.5, 0.6) is 0 Å². The summed E-state index contributed by atoms with van der Waals surface area (Å²) in [6, 6.07) is 25.6. The first-order chi connectivity index (χ1) is 16.1. The Morgan fingerprint density at radius 3 is 1.97 bits per heavy atom. The van der Waals surface area contributed by atoms with Crippen LogP contribution in [-0.2, 0) is 0 Å². The van der Waals surface area contributed by atoms with Crippen LogP contribution in [0, 0.1) is 0 Å². The van der Waals surface area contributed by atoms with E-state index in [-0.39, 0.29) is 16.7 Å². The van der Waals surface area contributed by atoms with Gasteiger partial charge in [-0.25, -0.2) is 0 Å². The second kappa shape index (κ2) is 9.35. The zero-order valence-electron chi connectivity index (χ0n) is 18.2. The van der Waals surface area contributed by atoms with E-state index in [1.807, 2.05) is 88.3 Å². The zero-order valence-corrected chi connectivity index (χ0v) is 20.6. The van der Waals surface area contributed by atoms with E-state index >= 15 is 0 Å². The molecule has 3 aromatic rings. The van der Waals surface area contributed by atoms with Gasteiger partial charge in [0.15, 0.2) is 0 Å². The van der Waals surface area contributed by atoms with Gasteiger partial charge in [-0.3, -0.25) is 9.59 Å². The monoisotopic (exact) mass is 520 g/mol. The van der Waals surface area contributed by atoms with Crippen LogP contribution >= 0.6 is 27.7 Å². The minimum atomic E-state index is -0.210. The summed E-state index contributed by atoms with van der Waals surface area (Å²) < 4.78 is 0.966. The van der Waals surface area contributed by atoms with E-state index in [9.17, 15) is 9.59 Å². The number of carbonyl (C=O) groups is 2. The van der Waals surface area contributed by atoms with E-state index in [0.29, 0.717) is 18.7 Å². The maximum absolute atomic E-state index is 13.2. The predicted molar refractivity (Wildman–Crippen MR) is 137 cm³/mol. The van der Waals surface area contributed by atoms with Crippen molar-refractivity contribution in [2.45, 2.75) is 17.7 Å². The number of halogens is 1. The Kier molecular flexibility index (Phi) is 6.30. The van der Waals surface area contributed by atoms with Crippen molar-refractivity contribution in [3.63, 3.8) is 0 Å². The fraction of sp³-hybridized carbons (Fsp3) is 0.259. The Morgan fingerprint density at radius 1 is 0.727 bits per heavy atom. The summed E-state index contributed by atoms with van der Waals surface area (Å²) in [5.74, 6) is 1.10. The van der Waals surface area contributed by atoms with E-state index in [4.69, 9.17) is 0 Å². The highest BCUT2D eigenvalue weighted by molar-refractivity contribution is 9.10. The molecule has 6 heteroatoms. The third kappa shape index (κ3) is 4.46. The van der Waals surface area contributed by atoms with E-state index in [0.717, 1.165) is 46.3 Å². The van der Waals surface area contributed by atoms with Crippen LogP contribution in [0.2, 0.25) is 0 Å². The number of hydrogen-bond donors (Lipinski definition) is 0. The first kappa shape index (κ1) is 22.2. The average Bonchev–Trinajstić information content (AvgIpc) is 3.27. The molecule has 4 nitrogen and oxygen atoms in total. The second-order valence-electron chi connectivity index (χ2n) is 8.49. The predicted octanol–water partition coefficient (Wildman–Crippen LogP) is 5.94. The smallest absolute Gasteiger partial charge is 0.254 e. The number of thioether (sulfide) groups is 1. The number of piperidine rings is 1. The number of benzene rings is 3. The van der Waals surface area contributed by atoms with Gasteiger partial charge in [0.05, 0.1) is 4.87 Å². The van der Waals surface area contributed by atoms with Crippen LogP contribution in [0.1, 0.15) is 33.6 Å². The standard InChI is InChI=1S/C27H25BrN2O2S/c28-24-12-10-23(11-13-24)26(32)30-18-19-33-27(30)14-16-29(17-15-27)25(31)22-8-6-21(7-9-22)20-4-2-1-3-5-20/h1-13H,14-19H2. The van der Waals surface area contributed by atoms with Crippen LogP contribution in [0.3, 0.4) is 0 Å². The Hall–Kier alpha value is -2.57. The highest BCUT2D eigenvalue weighted by Gasteiger charge is 2.47. The van der Waals surface area contributed by atoms with Crippen LogP contribution in [0.25, 0.3) is 11.1 Å². The number of carbonyl (C=O) groups excluding carboxylic acids is 2. The van der Waals surface area contributed by atoms with Gasteiger partial charge >= 0.3 is 0 Å². The van der Waals surface area contributed by atoms with Crippen LogP contribution < -0.4 is 0 Å². The fourth-order valence-corrected chi connectivity index (χ4v) is 6.45. The molecule has 0 aliphatic carbocycles. The van der Waals surface area contributed by atoms with Gasteiger partial charge in [0.2, 0.25) is 0 Å². The van der Waals surface area contributed by atoms with Crippen LogP contribution in [0.15, 0.2) is 83.3 Å². The third-order valence-corrected chi connectivity index (χ3v) is 8.67. The summed E-state index contributed by atoms with van der Waals surface area (Å²) in [6.45, 7) is 2.08. The molecule has 2 saturated heterocycles. The molecular formula is C27H25BrN2O2S. The van der Waals surface area contributed by atoms with Gasteiger partial charge in [0.1, 0.15) is 0 Å². The number of rotatable bonds is 3. The molecule has 2 amide bonds. The fourth-order valence-electron chi connectivity index (χ4n) is 4.74. The van der Waals surface area contributed by atoms with Crippen LogP contribution in [0.4, 0.5) is 0 Å². The molecule has 168 valence electrons. The van der Waals surface area contributed by atoms with Crippen molar-refractivity contribution in [2.75, 3.05) is 25.4 Å². The van der Waals surface area contributed by atoms with Gasteiger partial charge in [-0.2, -0.15) is 0 Å². The van der Waals surface area contributed by atoms with E-state index in [1.165, 1.54) is 0 Å². The summed E-state index contributed by atoms with van der Waals surface area (Å²) in [4.78, 5) is 30.2. The lowest BCUT2D eigenvalue weighted by Gasteiger charge is -2.44. The van der Waals surface area contributed by atoms with Gasteiger partial charge in [0.25, 0.3) is 11.8 Å². The topological polar surface area (TPSA) is 40.6 Å². The van der Waals surface area contributed by atoms with E-state index < -0.39 is 0 Å². The molecule has 1 spiro atoms. The number of amides is 2. The molecule has 0 saturated carbocycles. The molecule has 2 aliphatic heterocycles. The Morgan fingerprint density at radius 2 is 1.30 bits per heavy atom. The molecule has 0 atom stereocenters. The minimum Gasteiger partial charge on any atom is -0.338 e. The first-order valence-electron chi connectivity index (χ1n) is 11.2. The summed E-state index contributed by atoms with van der Waals surface area (Å²) >= 11 is 5.30. The van der Waals surface area contributed by atoms with E-state index in [1.54, 1.807) is 0 Å². The number of nitrogens with zero attached hydrogens (tertiary/aromatic N) is 2. The number of hydrogen-bond acceptors (Lipinski definition) is 3. The third-order valence-electron chi connectivity index (χ3n) is 6.58. The Balaban J connectivity index is 1.26. The quantitative estimate of drug-likeness (QED) is 0.429. The van der Waals surface area contributed by atoms with Gasteiger partial charge < -0.3 is 9.80 Å². The Bertz CT molecular complexity index is 1140. The molecule has 33 heavy (non-hydrogen) atoms. The summed E-state index contributed by atoms with van der Waals surface area (Å²) in [5.41, 5.74) is 3.68. The van der Waals surface area contributed by atoms with Crippen molar-refractivity contribution in [3.8, 4) is 11.1 Å². The summed E-state index contributed by atoms with van der Waals surface area (Å²) in [6.07, 6.45) is 1.60. The van der Waals surface area contributed by atoms with Crippen molar-refractivity contribution in [2.24, 2.45) is 0 Å². The molecule has 0 bridgehead atoms. The molecule has 0 N–H and O–H groups in total. The molecular weight excluding hydrogens is 496 g/mol. The van der Waals surface area contributed by atoms with Crippen LogP contribution in [-0.4, -0.2) is 51.9 Å². The van der Waals surface area contributed by atoms with Crippen molar-refractivity contribution < 1.29 is 9.59 Å². The summed E-state index contributed by atoms with van der Waals surface area (Å²) in [5, 5.41) is 0. The lowest BCUT2D eigenvalue weighted by molar-refractivity contribution is 0.0498. The molecule has 5 rings (SSSR count). The van der Waals surface area contributed by atoms with Gasteiger partial charge in [-0.1, -0.05) is 58.4 Å². The molecule has 0 radical (unpaired) electrons. The SMILES string of the molecule is O=C(c1ccc(-c2ccccc2)cc1)N1CCC2(CC1)SCCN2C(=O)c1ccc(Br)cc1. The maximum Gasteiger partial charge on any atom is 0.254 e. The van der Waals surface area contributed by atoms with Gasteiger partial charge in [-0.15, -0.1) is 11.8 Å². The molecule has 2 aliphatic rings. The molecule has 0 unspecified atom stereocenters. The summed E-state index contributed by atoms with van der Waals surface area (Å²) in [7, 11) is 0. The largest absolute Gasteiger partial charge is 0.338 e. The van der Waals surface area contributed by atoms with Crippen molar-refractivity contribution in [1.82, 2.24) is 9.80 Å². The molecule has 3 aromatic carbocycles.